The second-order valence-corrected chi connectivity index (χ2v) is 6.91. The van der Waals surface area contributed by atoms with Crippen LogP contribution in [0.25, 0.3) is 11.0 Å². The van der Waals surface area contributed by atoms with E-state index in [1.165, 1.54) is 18.4 Å². The average molecular weight is 339 g/mol. The Morgan fingerprint density at radius 1 is 1.32 bits per heavy atom. The highest BCUT2D eigenvalue weighted by molar-refractivity contribution is 5.74. The Morgan fingerprint density at radius 2 is 2.16 bits per heavy atom. The number of H-pyrrole nitrogens is 1. The predicted octanol–water partition coefficient (Wildman–Crippen LogP) is 2.99. The summed E-state index contributed by atoms with van der Waals surface area (Å²) >= 11 is 0. The van der Waals surface area contributed by atoms with Gasteiger partial charge in [-0.3, -0.25) is 4.90 Å². The van der Waals surface area contributed by atoms with Crippen LogP contribution in [-0.4, -0.2) is 44.8 Å². The summed E-state index contributed by atoms with van der Waals surface area (Å²) in [5.74, 6) is 2.42. The van der Waals surface area contributed by atoms with E-state index in [1.54, 1.807) is 7.11 Å². The highest BCUT2D eigenvalue weighted by Crippen LogP contribution is 2.29. The van der Waals surface area contributed by atoms with Crippen LogP contribution in [0, 0.1) is 6.92 Å². The molecular weight excluding hydrogens is 314 g/mol. The number of piperidine rings is 1. The van der Waals surface area contributed by atoms with Crippen molar-refractivity contribution in [2.75, 3.05) is 20.2 Å². The monoisotopic (exact) mass is 339 g/mol. The van der Waals surface area contributed by atoms with E-state index in [-0.39, 0.29) is 0 Å². The third kappa shape index (κ3) is 3.02. The number of hydrogen-bond acceptors (Lipinski definition) is 4. The Balaban J connectivity index is 1.53. The molecule has 132 valence electrons. The number of aromatic nitrogens is 4. The molecule has 0 radical (unpaired) electrons. The van der Waals surface area contributed by atoms with Crippen LogP contribution in [0.4, 0.5) is 0 Å². The molecule has 0 saturated carbocycles. The first kappa shape index (κ1) is 16.1. The van der Waals surface area contributed by atoms with Crippen LogP contribution in [-0.2, 0) is 13.6 Å². The van der Waals surface area contributed by atoms with Crippen molar-refractivity contribution < 1.29 is 4.74 Å². The third-order valence-corrected chi connectivity index (χ3v) is 5.16. The van der Waals surface area contributed by atoms with Crippen LogP contribution in [0.5, 0.6) is 5.88 Å². The molecule has 2 aromatic heterocycles. The highest BCUT2D eigenvalue weighted by atomic mass is 16.5. The van der Waals surface area contributed by atoms with E-state index < -0.39 is 0 Å². The van der Waals surface area contributed by atoms with Crippen molar-refractivity contribution in [3.8, 4) is 5.88 Å². The summed E-state index contributed by atoms with van der Waals surface area (Å²) in [5, 5.41) is 4.50. The Labute approximate surface area is 147 Å². The SMILES string of the molecule is COc1c(CN2CCCC(c3nc4ccccc4[nH]3)C2)c(C)nn1C. The Hall–Kier alpha value is -2.34. The predicted molar refractivity (Wildman–Crippen MR) is 97.8 cm³/mol. The molecule has 3 aromatic rings. The Bertz CT molecular complexity index is 848. The molecule has 1 fully saturated rings. The second kappa shape index (κ2) is 6.52. The van der Waals surface area contributed by atoms with Gasteiger partial charge in [0, 0.05) is 26.1 Å². The van der Waals surface area contributed by atoms with Gasteiger partial charge >= 0.3 is 0 Å². The van der Waals surface area contributed by atoms with Gasteiger partial charge in [0.15, 0.2) is 0 Å². The molecule has 1 saturated heterocycles. The summed E-state index contributed by atoms with van der Waals surface area (Å²) in [7, 11) is 3.65. The van der Waals surface area contributed by atoms with Gasteiger partial charge in [-0.2, -0.15) is 5.10 Å². The van der Waals surface area contributed by atoms with Gasteiger partial charge in [-0.1, -0.05) is 12.1 Å². The number of hydrogen-bond donors (Lipinski definition) is 1. The molecule has 25 heavy (non-hydrogen) atoms. The molecule has 4 rings (SSSR count). The lowest BCUT2D eigenvalue weighted by atomic mass is 9.97. The first-order valence-electron chi connectivity index (χ1n) is 8.89. The molecule has 0 bridgehead atoms. The molecule has 1 unspecified atom stereocenters. The summed E-state index contributed by atoms with van der Waals surface area (Å²) in [6, 6.07) is 8.25. The minimum atomic E-state index is 0.448. The van der Waals surface area contributed by atoms with Crippen molar-refractivity contribution in [1.29, 1.82) is 0 Å². The second-order valence-electron chi connectivity index (χ2n) is 6.91. The lowest BCUT2D eigenvalue weighted by molar-refractivity contribution is 0.194. The van der Waals surface area contributed by atoms with Gasteiger partial charge in [-0.25, -0.2) is 9.67 Å². The van der Waals surface area contributed by atoms with Crippen molar-refractivity contribution in [2.45, 2.75) is 32.2 Å². The van der Waals surface area contributed by atoms with Gasteiger partial charge in [-0.05, 0) is 38.4 Å². The van der Waals surface area contributed by atoms with Gasteiger partial charge in [0.2, 0.25) is 5.88 Å². The number of rotatable bonds is 4. The van der Waals surface area contributed by atoms with E-state index in [9.17, 15) is 0 Å². The molecule has 0 spiro atoms. The topological polar surface area (TPSA) is 59.0 Å². The standard InChI is InChI=1S/C19H25N5O/c1-13-15(19(25-3)23(2)22-13)12-24-10-6-7-14(11-24)18-20-16-8-4-5-9-17(16)21-18/h4-5,8-9,14H,6-7,10-12H2,1-3H3,(H,20,21). The maximum Gasteiger partial charge on any atom is 0.216 e. The molecule has 3 heterocycles. The first-order chi connectivity index (χ1) is 12.2. The summed E-state index contributed by atoms with van der Waals surface area (Å²) in [6.07, 6.45) is 2.36. The number of nitrogens with zero attached hydrogens (tertiary/aromatic N) is 4. The zero-order valence-corrected chi connectivity index (χ0v) is 15.1. The first-order valence-corrected chi connectivity index (χ1v) is 8.89. The number of para-hydroxylation sites is 2. The van der Waals surface area contributed by atoms with Crippen LogP contribution in [0.3, 0.4) is 0 Å². The lowest BCUT2D eigenvalue weighted by Crippen LogP contribution is -2.34. The van der Waals surface area contributed by atoms with Crippen molar-refractivity contribution in [2.24, 2.45) is 7.05 Å². The molecule has 6 nitrogen and oxygen atoms in total. The fraction of sp³-hybridized carbons (Fsp3) is 0.474. The van der Waals surface area contributed by atoms with E-state index in [0.29, 0.717) is 5.92 Å². The fourth-order valence-corrected chi connectivity index (χ4v) is 3.93. The Kier molecular flexibility index (Phi) is 4.21. The van der Waals surface area contributed by atoms with E-state index >= 15 is 0 Å². The molecule has 1 aliphatic rings. The van der Waals surface area contributed by atoms with Crippen LogP contribution in [0.2, 0.25) is 0 Å². The van der Waals surface area contributed by atoms with Crippen LogP contribution in [0.1, 0.15) is 35.8 Å². The van der Waals surface area contributed by atoms with Gasteiger partial charge < -0.3 is 9.72 Å². The number of benzene rings is 1. The summed E-state index contributed by atoms with van der Waals surface area (Å²) in [4.78, 5) is 10.8. The summed E-state index contributed by atoms with van der Waals surface area (Å²) < 4.78 is 7.37. The largest absolute Gasteiger partial charge is 0.481 e. The summed E-state index contributed by atoms with van der Waals surface area (Å²) in [6.45, 7) is 5.05. The number of aromatic amines is 1. The maximum atomic E-state index is 5.55. The van der Waals surface area contributed by atoms with E-state index in [1.807, 2.05) is 17.8 Å². The van der Waals surface area contributed by atoms with Crippen LogP contribution < -0.4 is 4.74 Å². The molecule has 0 amide bonds. The number of aryl methyl sites for hydroxylation is 2. The lowest BCUT2D eigenvalue weighted by Gasteiger charge is -2.31. The van der Waals surface area contributed by atoms with E-state index in [2.05, 4.69) is 40.1 Å². The van der Waals surface area contributed by atoms with Crippen LogP contribution >= 0.6 is 0 Å². The highest BCUT2D eigenvalue weighted by Gasteiger charge is 2.26. The van der Waals surface area contributed by atoms with Crippen LogP contribution in [0.15, 0.2) is 24.3 Å². The normalized spacial score (nSPS) is 18.8. The van der Waals surface area contributed by atoms with E-state index in [4.69, 9.17) is 9.72 Å². The van der Waals surface area contributed by atoms with Crippen molar-refractivity contribution >= 4 is 11.0 Å². The zero-order chi connectivity index (χ0) is 17.4. The molecule has 1 atom stereocenters. The number of methoxy groups -OCH3 is 1. The molecule has 0 aliphatic carbocycles. The average Bonchev–Trinajstić information content (AvgIpc) is 3.16. The number of likely N-dealkylation sites (tertiary alicyclic amines) is 1. The van der Waals surface area contributed by atoms with E-state index in [0.717, 1.165) is 48.1 Å². The number of fused-ring (bicyclic) bond motifs is 1. The maximum absolute atomic E-state index is 5.55. The van der Waals surface area contributed by atoms with Gasteiger partial charge in [0.1, 0.15) is 5.82 Å². The fourth-order valence-electron chi connectivity index (χ4n) is 3.93. The minimum Gasteiger partial charge on any atom is -0.481 e. The van der Waals surface area contributed by atoms with Crippen molar-refractivity contribution in [3.63, 3.8) is 0 Å². The van der Waals surface area contributed by atoms with Gasteiger partial charge in [0.25, 0.3) is 0 Å². The third-order valence-electron chi connectivity index (χ3n) is 5.16. The van der Waals surface area contributed by atoms with Crippen molar-refractivity contribution in [3.05, 3.63) is 41.3 Å². The molecular formula is C19H25N5O. The van der Waals surface area contributed by atoms with Gasteiger partial charge in [0.05, 0.1) is 29.4 Å². The number of nitrogens with one attached hydrogen (secondary N) is 1. The molecule has 1 aromatic carbocycles. The summed E-state index contributed by atoms with van der Waals surface area (Å²) in [5.41, 5.74) is 4.42. The molecule has 6 heteroatoms. The quantitative estimate of drug-likeness (QED) is 0.794. The minimum absolute atomic E-state index is 0.448. The van der Waals surface area contributed by atoms with Crippen molar-refractivity contribution in [1.82, 2.24) is 24.6 Å². The molecule has 1 N–H and O–H groups in total. The Morgan fingerprint density at radius 3 is 2.96 bits per heavy atom. The smallest absolute Gasteiger partial charge is 0.216 e. The number of imidazole rings is 1. The zero-order valence-electron chi connectivity index (χ0n) is 15.1. The molecule has 1 aliphatic heterocycles. The number of ether oxygens (including phenoxy) is 1. The van der Waals surface area contributed by atoms with Gasteiger partial charge in [-0.15, -0.1) is 0 Å².